The van der Waals surface area contributed by atoms with Crippen LogP contribution in [0.3, 0.4) is 0 Å². The summed E-state index contributed by atoms with van der Waals surface area (Å²) in [6.07, 6.45) is 0. The van der Waals surface area contributed by atoms with Crippen molar-refractivity contribution in [3.63, 3.8) is 0 Å². The normalized spacial score (nSPS) is 18.7. The summed E-state index contributed by atoms with van der Waals surface area (Å²) in [6, 6.07) is 0.294. The molecular weight excluding hydrogens is 168 g/mol. The van der Waals surface area contributed by atoms with E-state index < -0.39 is 5.60 Å². The first kappa shape index (κ1) is 12.8. The Bertz CT molecular complexity index is 140. The van der Waals surface area contributed by atoms with E-state index in [1.54, 1.807) is 14.0 Å². The molecule has 0 saturated carbocycles. The molecule has 0 aliphatic heterocycles. The van der Waals surface area contributed by atoms with Crippen LogP contribution >= 0.6 is 0 Å². The third-order valence-electron chi connectivity index (χ3n) is 2.19. The minimum atomic E-state index is -0.809. The Labute approximate surface area is 80.7 Å². The van der Waals surface area contributed by atoms with Crippen molar-refractivity contribution >= 4 is 0 Å². The molecule has 13 heavy (non-hydrogen) atoms. The summed E-state index contributed by atoms with van der Waals surface area (Å²) in [5.74, 6) is 0. The maximum atomic E-state index is 9.70. The van der Waals surface area contributed by atoms with E-state index in [0.29, 0.717) is 19.2 Å². The molecule has 2 atom stereocenters. The highest BCUT2D eigenvalue weighted by Gasteiger charge is 2.22. The molecule has 0 heterocycles. The average molecular weight is 190 g/mol. The van der Waals surface area contributed by atoms with E-state index in [2.05, 4.69) is 6.92 Å². The second-order valence-corrected chi connectivity index (χ2v) is 3.92. The highest BCUT2D eigenvalue weighted by atomic mass is 16.5. The van der Waals surface area contributed by atoms with Gasteiger partial charge in [0, 0.05) is 26.2 Å². The standard InChI is InChI=1S/C9H22N2O2/c1-8(5-13-4)11(3)7-9(2,12)6-10/h8,12H,5-7,10H2,1-4H3. The summed E-state index contributed by atoms with van der Waals surface area (Å²) >= 11 is 0. The van der Waals surface area contributed by atoms with Gasteiger partial charge in [0.2, 0.25) is 0 Å². The van der Waals surface area contributed by atoms with E-state index in [9.17, 15) is 5.11 Å². The van der Waals surface area contributed by atoms with Crippen LogP contribution in [0.4, 0.5) is 0 Å². The van der Waals surface area contributed by atoms with E-state index in [-0.39, 0.29) is 6.54 Å². The van der Waals surface area contributed by atoms with Crippen molar-refractivity contribution in [1.82, 2.24) is 4.90 Å². The predicted octanol–water partition coefficient (Wildman–Crippen LogP) is -0.337. The molecule has 0 aromatic carbocycles. The van der Waals surface area contributed by atoms with Crippen LogP contribution in [-0.4, -0.2) is 55.5 Å². The van der Waals surface area contributed by atoms with E-state index in [1.807, 2.05) is 11.9 Å². The molecule has 3 N–H and O–H groups in total. The van der Waals surface area contributed by atoms with Crippen molar-refractivity contribution in [3.05, 3.63) is 0 Å². The molecular formula is C9H22N2O2. The van der Waals surface area contributed by atoms with Gasteiger partial charge in [-0.25, -0.2) is 0 Å². The number of aliphatic hydroxyl groups is 1. The lowest BCUT2D eigenvalue weighted by Crippen LogP contribution is -2.48. The Kier molecular flexibility index (Phi) is 5.48. The van der Waals surface area contributed by atoms with Gasteiger partial charge in [0.15, 0.2) is 0 Å². The van der Waals surface area contributed by atoms with Gasteiger partial charge in [-0.05, 0) is 20.9 Å². The van der Waals surface area contributed by atoms with Crippen LogP contribution in [-0.2, 0) is 4.74 Å². The molecule has 80 valence electrons. The number of likely N-dealkylation sites (N-methyl/N-ethyl adjacent to an activating group) is 1. The van der Waals surface area contributed by atoms with Gasteiger partial charge in [-0.3, -0.25) is 4.90 Å². The van der Waals surface area contributed by atoms with Gasteiger partial charge in [0.25, 0.3) is 0 Å². The lowest BCUT2D eigenvalue weighted by atomic mass is 10.1. The summed E-state index contributed by atoms with van der Waals surface area (Å²) in [4.78, 5) is 2.04. The minimum Gasteiger partial charge on any atom is -0.388 e. The summed E-state index contributed by atoms with van der Waals surface area (Å²) < 4.78 is 5.02. The van der Waals surface area contributed by atoms with Gasteiger partial charge in [0.05, 0.1) is 12.2 Å². The summed E-state index contributed by atoms with van der Waals surface area (Å²) in [7, 11) is 3.62. The van der Waals surface area contributed by atoms with Crippen LogP contribution in [0.5, 0.6) is 0 Å². The fraction of sp³-hybridized carbons (Fsp3) is 1.00. The predicted molar refractivity (Wildman–Crippen MR) is 53.6 cm³/mol. The number of rotatable bonds is 6. The molecule has 0 fully saturated rings. The molecule has 0 radical (unpaired) electrons. The molecule has 0 aromatic rings. The van der Waals surface area contributed by atoms with Crippen LogP contribution in [0.1, 0.15) is 13.8 Å². The quantitative estimate of drug-likeness (QED) is 0.602. The largest absolute Gasteiger partial charge is 0.388 e. The molecule has 0 rings (SSSR count). The first-order chi connectivity index (χ1) is 5.93. The van der Waals surface area contributed by atoms with Gasteiger partial charge in [-0.15, -0.1) is 0 Å². The topological polar surface area (TPSA) is 58.7 Å². The average Bonchev–Trinajstić information content (AvgIpc) is 2.04. The monoisotopic (exact) mass is 190 g/mol. The third-order valence-corrected chi connectivity index (χ3v) is 2.19. The second-order valence-electron chi connectivity index (χ2n) is 3.92. The molecule has 0 bridgehead atoms. The first-order valence-corrected chi connectivity index (χ1v) is 4.54. The minimum absolute atomic E-state index is 0.275. The Hall–Kier alpha value is -0.160. The zero-order chi connectivity index (χ0) is 10.5. The van der Waals surface area contributed by atoms with E-state index in [4.69, 9.17) is 10.5 Å². The van der Waals surface area contributed by atoms with Gasteiger partial charge in [0.1, 0.15) is 0 Å². The number of hydrogen-bond donors (Lipinski definition) is 2. The Morgan fingerprint density at radius 2 is 2.15 bits per heavy atom. The fourth-order valence-corrected chi connectivity index (χ4v) is 1.13. The second kappa shape index (κ2) is 5.54. The maximum Gasteiger partial charge on any atom is 0.0867 e. The van der Waals surface area contributed by atoms with Crippen LogP contribution in [0.2, 0.25) is 0 Å². The molecule has 0 aliphatic carbocycles. The Morgan fingerprint density at radius 1 is 1.62 bits per heavy atom. The van der Waals surface area contributed by atoms with Gasteiger partial charge in [-0.2, -0.15) is 0 Å². The van der Waals surface area contributed by atoms with Crippen LogP contribution in [0, 0.1) is 0 Å². The lowest BCUT2D eigenvalue weighted by Gasteiger charge is -2.31. The van der Waals surface area contributed by atoms with Gasteiger partial charge < -0.3 is 15.6 Å². The molecule has 0 aliphatic rings. The van der Waals surface area contributed by atoms with Crippen molar-refractivity contribution in [3.8, 4) is 0 Å². The number of methoxy groups -OCH3 is 1. The van der Waals surface area contributed by atoms with E-state index in [0.717, 1.165) is 0 Å². The fourth-order valence-electron chi connectivity index (χ4n) is 1.13. The zero-order valence-corrected chi connectivity index (χ0v) is 9.08. The Balaban J connectivity index is 3.91. The molecule has 0 saturated heterocycles. The lowest BCUT2D eigenvalue weighted by molar-refractivity contribution is 0.0122. The molecule has 2 unspecified atom stereocenters. The van der Waals surface area contributed by atoms with Crippen molar-refractivity contribution in [2.24, 2.45) is 5.73 Å². The van der Waals surface area contributed by atoms with Crippen molar-refractivity contribution in [2.75, 3.05) is 33.9 Å². The number of nitrogens with zero attached hydrogens (tertiary/aromatic N) is 1. The summed E-state index contributed by atoms with van der Waals surface area (Å²) in [5, 5.41) is 9.70. The van der Waals surface area contributed by atoms with Crippen LogP contribution < -0.4 is 5.73 Å². The molecule has 4 heteroatoms. The van der Waals surface area contributed by atoms with Gasteiger partial charge in [-0.1, -0.05) is 0 Å². The summed E-state index contributed by atoms with van der Waals surface area (Å²) in [5.41, 5.74) is 4.61. The van der Waals surface area contributed by atoms with E-state index in [1.165, 1.54) is 0 Å². The van der Waals surface area contributed by atoms with Crippen LogP contribution in [0.15, 0.2) is 0 Å². The smallest absolute Gasteiger partial charge is 0.0867 e. The molecule has 0 spiro atoms. The van der Waals surface area contributed by atoms with Gasteiger partial charge >= 0.3 is 0 Å². The Morgan fingerprint density at radius 3 is 2.54 bits per heavy atom. The highest BCUT2D eigenvalue weighted by Crippen LogP contribution is 2.05. The summed E-state index contributed by atoms with van der Waals surface area (Å²) in [6.45, 7) is 5.29. The maximum absolute atomic E-state index is 9.70. The SMILES string of the molecule is COCC(C)N(C)CC(C)(O)CN. The molecule has 0 amide bonds. The van der Waals surface area contributed by atoms with Crippen LogP contribution in [0.25, 0.3) is 0 Å². The molecule has 4 nitrogen and oxygen atoms in total. The van der Waals surface area contributed by atoms with Crippen molar-refractivity contribution < 1.29 is 9.84 Å². The van der Waals surface area contributed by atoms with Crippen molar-refractivity contribution in [1.29, 1.82) is 0 Å². The highest BCUT2D eigenvalue weighted by molar-refractivity contribution is 4.79. The van der Waals surface area contributed by atoms with Crippen molar-refractivity contribution in [2.45, 2.75) is 25.5 Å². The first-order valence-electron chi connectivity index (χ1n) is 4.54. The van der Waals surface area contributed by atoms with E-state index >= 15 is 0 Å². The molecule has 0 aromatic heterocycles. The number of ether oxygens (including phenoxy) is 1. The third kappa shape index (κ3) is 5.21. The zero-order valence-electron chi connectivity index (χ0n) is 9.08. The number of nitrogens with two attached hydrogens (primary N) is 1. The number of hydrogen-bond acceptors (Lipinski definition) is 4.